The predicted octanol–water partition coefficient (Wildman–Crippen LogP) is 2.32. The lowest BCUT2D eigenvalue weighted by Crippen LogP contribution is -2.35. The summed E-state index contributed by atoms with van der Waals surface area (Å²) in [7, 11) is 0. The van der Waals surface area contributed by atoms with Crippen LogP contribution in [0.25, 0.3) is 0 Å². The summed E-state index contributed by atoms with van der Waals surface area (Å²) in [6, 6.07) is 6.76. The van der Waals surface area contributed by atoms with Gasteiger partial charge in [-0.25, -0.2) is 0 Å². The minimum Gasteiger partial charge on any atom is -0.387 e. The van der Waals surface area contributed by atoms with E-state index in [9.17, 15) is 14.7 Å². The molecule has 110 valence electrons. The van der Waals surface area contributed by atoms with Crippen molar-refractivity contribution in [3.8, 4) is 0 Å². The number of β-amino-alcohol motifs (C(OH)–C–C–N with tert-alkyl or cyclic N) is 1. The first-order chi connectivity index (χ1) is 10.1. The number of rotatable bonds is 3. The summed E-state index contributed by atoms with van der Waals surface area (Å²) < 4.78 is 0. The highest BCUT2D eigenvalue weighted by molar-refractivity contribution is 6.30. The molecule has 0 radical (unpaired) electrons. The molecule has 1 fully saturated rings. The topological polar surface area (TPSA) is 57.6 Å². The maximum Gasteiger partial charge on any atom is 0.233 e. The van der Waals surface area contributed by atoms with E-state index < -0.39 is 6.10 Å². The number of carbonyl (C=O) groups is 2. The van der Waals surface area contributed by atoms with Gasteiger partial charge in [-0.15, -0.1) is 0 Å². The van der Waals surface area contributed by atoms with Crippen molar-refractivity contribution in [2.24, 2.45) is 11.8 Å². The van der Waals surface area contributed by atoms with E-state index >= 15 is 0 Å². The number of amides is 2. The molecule has 0 saturated carbocycles. The van der Waals surface area contributed by atoms with Crippen LogP contribution in [0, 0.1) is 11.8 Å². The third-order valence-corrected chi connectivity index (χ3v) is 4.46. The van der Waals surface area contributed by atoms with E-state index in [4.69, 9.17) is 11.6 Å². The fourth-order valence-electron chi connectivity index (χ4n) is 3.01. The minimum absolute atomic E-state index is 0.00625. The fraction of sp³-hybridized carbons (Fsp3) is 0.375. The number of nitrogens with zero attached hydrogens (tertiary/aromatic N) is 1. The van der Waals surface area contributed by atoms with Gasteiger partial charge in [-0.3, -0.25) is 14.5 Å². The maximum absolute atomic E-state index is 12.3. The van der Waals surface area contributed by atoms with Crippen LogP contribution in [0.4, 0.5) is 0 Å². The Morgan fingerprint density at radius 2 is 1.62 bits per heavy atom. The van der Waals surface area contributed by atoms with Gasteiger partial charge in [-0.1, -0.05) is 35.9 Å². The van der Waals surface area contributed by atoms with E-state index in [1.54, 1.807) is 24.3 Å². The minimum atomic E-state index is -0.886. The Kier molecular flexibility index (Phi) is 3.83. The van der Waals surface area contributed by atoms with Gasteiger partial charge in [-0.2, -0.15) is 0 Å². The van der Waals surface area contributed by atoms with Crippen LogP contribution in [-0.4, -0.2) is 28.4 Å². The summed E-state index contributed by atoms with van der Waals surface area (Å²) >= 11 is 5.81. The second-order valence-corrected chi connectivity index (χ2v) is 5.95. The van der Waals surface area contributed by atoms with Crippen molar-refractivity contribution >= 4 is 23.4 Å². The molecular weight excluding hydrogens is 290 g/mol. The number of hydrogen-bond donors (Lipinski definition) is 1. The molecular formula is C16H16ClNO3. The Labute approximate surface area is 128 Å². The molecule has 0 bridgehead atoms. The molecule has 0 aromatic heterocycles. The first kappa shape index (κ1) is 14.3. The Hall–Kier alpha value is -1.65. The van der Waals surface area contributed by atoms with Crippen molar-refractivity contribution in [1.82, 2.24) is 4.90 Å². The number of aliphatic hydroxyl groups excluding tert-OH is 1. The normalized spacial score (nSPS) is 26.1. The van der Waals surface area contributed by atoms with Crippen molar-refractivity contribution in [2.75, 3.05) is 6.54 Å². The van der Waals surface area contributed by atoms with E-state index in [-0.39, 0.29) is 30.2 Å². The highest BCUT2D eigenvalue weighted by Crippen LogP contribution is 2.35. The van der Waals surface area contributed by atoms with Crippen LogP contribution in [0.1, 0.15) is 24.5 Å². The molecule has 3 unspecified atom stereocenters. The molecule has 21 heavy (non-hydrogen) atoms. The monoisotopic (exact) mass is 305 g/mol. The van der Waals surface area contributed by atoms with Crippen LogP contribution in [0.3, 0.4) is 0 Å². The summed E-state index contributed by atoms with van der Waals surface area (Å²) in [6.07, 6.45) is 4.24. The largest absolute Gasteiger partial charge is 0.387 e. The zero-order valence-electron chi connectivity index (χ0n) is 11.4. The summed E-state index contributed by atoms with van der Waals surface area (Å²) in [5.74, 6) is -0.829. The highest BCUT2D eigenvalue weighted by atomic mass is 35.5. The van der Waals surface area contributed by atoms with Crippen LogP contribution in [0.5, 0.6) is 0 Å². The van der Waals surface area contributed by atoms with Crippen molar-refractivity contribution in [3.63, 3.8) is 0 Å². The number of aliphatic hydroxyl groups is 1. The van der Waals surface area contributed by atoms with Crippen LogP contribution in [0.15, 0.2) is 36.4 Å². The summed E-state index contributed by atoms with van der Waals surface area (Å²) in [6.45, 7) is 0.00625. The molecule has 1 aromatic rings. The first-order valence-electron chi connectivity index (χ1n) is 7.01. The van der Waals surface area contributed by atoms with Crippen molar-refractivity contribution < 1.29 is 14.7 Å². The zero-order valence-corrected chi connectivity index (χ0v) is 12.2. The van der Waals surface area contributed by atoms with Gasteiger partial charge in [-0.05, 0) is 30.5 Å². The van der Waals surface area contributed by atoms with Gasteiger partial charge in [0.15, 0.2) is 0 Å². The number of hydrogen-bond acceptors (Lipinski definition) is 3. The SMILES string of the molecule is O=C1C2CC=CCC2C(=O)N1CC(O)c1ccc(Cl)cc1. The van der Waals surface area contributed by atoms with Gasteiger partial charge in [0.05, 0.1) is 24.5 Å². The lowest BCUT2D eigenvalue weighted by atomic mass is 9.85. The number of likely N-dealkylation sites (tertiary alicyclic amines) is 1. The van der Waals surface area contributed by atoms with Gasteiger partial charge in [0.25, 0.3) is 0 Å². The van der Waals surface area contributed by atoms with E-state index in [1.807, 2.05) is 12.2 Å². The highest BCUT2D eigenvalue weighted by Gasteiger charge is 2.47. The van der Waals surface area contributed by atoms with E-state index in [0.29, 0.717) is 23.4 Å². The molecule has 3 atom stereocenters. The van der Waals surface area contributed by atoms with Crippen LogP contribution in [-0.2, 0) is 9.59 Å². The quantitative estimate of drug-likeness (QED) is 0.689. The Balaban J connectivity index is 1.74. The Bertz CT molecular complexity index is 570. The van der Waals surface area contributed by atoms with Gasteiger partial charge in [0.2, 0.25) is 11.8 Å². The molecule has 1 aromatic carbocycles. The molecule has 1 heterocycles. The second-order valence-electron chi connectivity index (χ2n) is 5.51. The molecule has 2 aliphatic rings. The first-order valence-corrected chi connectivity index (χ1v) is 7.39. The third kappa shape index (κ3) is 2.61. The number of carbonyl (C=O) groups excluding carboxylic acids is 2. The standard InChI is InChI=1S/C16H16ClNO3/c17-11-7-5-10(6-8-11)14(19)9-18-15(20)12-3-1-2-4-13(12)16(18)21/h1-2,5-8,12-14,19H,3-4,9H2. The predicted molar refractivity (Wildman–Crippen MR) is 78.5 cm³/mol. The van der Waals surface area contributed by atoms with Crippen LogP contribution in [0.2, 0.25) is 5.02 Å². The number of benzene rings is 1. The zero-order chi connectivity index (χ0) is 15.0. The van der Waals surface area contributed by atoms with Gasteiger partial charge < -0.3 is 5.11 Å². The summed E-state index contributed by atoms with van der Waals surface area (Å²) in [5, 5.41) is 10.8. The van der Waals surface area contributed by atoms with Crippen LogP contribution < -0.4 is 0 Å². The Morgan fingerprint density at radius 3 is 2.14 bits per heavy atom. The molecule has 4 nitrogen and oxygen atoms in total. The molecule has 1 aliphatic carbocycles. The number of allylic oxidation sites excluding steroid dienone is 2. The van der Waals surface area contributed by atoms with Crippen molar-refractivity contribution in [3.05, 3.63) is 47.0 Å². The van der Waals surface area contributed by atoms with E-state index in [1.165, 1.54) is 4.90 Å². The van der Waals surface area contributed by atoms with E-state index in [0.717, 1.165) is 0 Å². The molecule has 3 rings (SSSR count). The van der Waals surface area contributed by atoms with Crippen LogP contribution >= 0.6 is 11.6 Å². The average Bonchev–Trinajstić information content (AvgIpc) is 2.73. The van der Waals surface area contributed by atoms with Gasteiger partial charge in [0.1, 0.15) is 0 Å². The molecule has 5 heteroatoms. The maximum atomic E-state index is 12.3. The van der Waals surface area contributed by atoms with Crippen molar-refractivity contribution in [1.29, 1.82) is 0 Å². The molecule has 1 saturated heterocycles. The third-order valence-electron chi connectivity index (χ3n) is 4.21. The van der Waals surface area contributed by atoms with Gasteiger partial charge in [0, 0.05) is 5.02 Å². The smallest absolute Gasteiger partial charge is 0.233 e. The molecule has 2 amide bonds. The second kappa shape index (κ2) is 5.62. The number of fused-ring (bicyclic) bond motifs is 1. The molecule has 0 spiro atoms. The summed E-state index contributed by atoms with van der Waals surface area (Å²) in [5.41, 5.74) is 0.646. The Morgan fingerprint density at radius 1 is 1.10 bits per heavy atom. The average molecular weight is 306 g/mol. The van der Waals surface area contributed by atoms with Crippen molar-refractivity contribution in [2.45, 2.75) is 18.9 Å². The lowest BCUT2D eigenvalue weighted by Gasteiger charge is -2.19. The number of halogens is 1. The van der Waals surface area contributed by atoms with Gasteiger partial charge >= 0.3 is 0 Å². The van der Waals surface area contributed by atoms with E-state index in [2.05, 4.69) is 0 Å². The number of imide groups is 1. The molecule has 1 N–H and O–H groups in total. The fourth-order valence-corrected chi connectivity index (χ4v) is 3.14. The summed E-state index contributed by atoms with van der Waals surface area (Å²) in [4.78, 5) is 25.8. The lowest BCUT2D eigenvalue weighted by molar-refractivity contribution is -0.141. The molecule has 1 aliphatic heterocycles.